The maximum absolute atomic E-state index is 10.5. The van der Waals surface area contributed by atoms with Gasteiger partial charge in [0.25, 0.3) is 0 Å². The second kappa shape index (κ2) is 17.4. The zero-order valence-electron chi connectivity index (χ0n) is 41.3. The van der Waals surface area contributed by atoms with Crippen molar-refractivity contribution in [3.63, 3.8) is 0 Å². The minimum atomic E-state index is -3.22. The first-order valence-corrected chi connectivity index (χ1v) is 28.0. The first-order valence-electron chi connectivity index (χ1n) is 26.0. The second-order valence-corrected chi connectivity index (χ2v) is 23.9. The van der Waals surface area contributed by atoms with E-state index >= 15 is 0 Å². The molecule has 3 heteroatoms. The number of para-hydroxylation sites is 2. The Hall–Kier alpha value is -9.85. The molecule has 352 valence electrons. The van der Waals surface area contributed by atoms with E-state index in [0.29, 0.717) is 5.56 Å². The molecule has 12 aromatic carbocycles. The van der Waals surface area contributed by atoms with E-state index < -0.39 is 8.07 Å². The first kappa shape index (κ1) is 43.7. The average molecular weight is 980 g/mol. The lowest BCUT2D eigenvalue weighted by atomic mass is 9.79. The van der Waals surface area contributed by atoms with Crippen LogP contribution in [0.1, 0.15) is 5.56 Å². The molecule has 0 amide bonds. The molecule has 2 aliphatic rings. The fourth-order valence-electron chi connectivity index (χ4n) is 12.9. The van der Waals surface area contributed by atoms with Crippen LogP contribution < -0.4 is 20.7 Å². The number of hydrogen-bond donors (Lipinski definition) is 0. The van der Waals surface area contributed by atoms with Crippen LogP contribution in [-0.2, 0) is 0 Å². The SMILES string of the molecule is N#Cc1ccc2c(c1)-c1ccccc1-c1cc(-c3cccc4c3oc3ccccc34)ccc1-c1ccc([Si](c3ccccc3)(c3ccccc3)c3ccc4c(c3)-c3ccccc3-c3ccccc3-c3ccccc3-4)cc1-2. The van der Waals surface area contributed by atoms with Gasteiger partial charge in [-0.15, -0.1) is 0 Å². The molecule has 1 heterocycles. The van der Waals surface area contributed by atoms with Gasteiger partial charge in [-0.3, -0.25) is 0 Å². The highest BCUT2D eigenvalue weighted by atomic mass is 28.3. The molecule has 0 radical (unpaired) electrons. The molecule has 0 unspecified atom stereocenters. The molecule has 13 aromatic rings. The van der Waals surface area contributed by atoms with Gasteiger partial charge in [-0.1, -0.05) is 249 Å². The number of rotatable bonds is 5. The average Bonchev–Trinajstić information content (AvgIpc) is 4.00. The monoisotopic (exact) mass is 979 g/mol. The van der Waals surface area contributed by atoms with Gasteiger partial charge in [-0.25, -0.2) is 0 Å². The van der Waals surface area contributed by atoms with Crippen LogP contribution >= 0.6 is 0 Å². The molecule has 76 heavy (non-hydrogen) atoms. The Bertz CT molecular complexity index is 4490. The normalized spacial score (nSPS) is 11.9. The maximum atomic E-state index is 10.5. The summed E-state index contributed by atoms with van der Waals surface area (Å²) < 4.78 is 6.64. The van der Waals surface area contributed by atoms with Crippen LogP contribution in [0.25, 0.3) is 122 Å². The summed E-state index contributed by atoms with van der Waals surface area (Å²) in [6.45, 7) is 0. The van der Waals surface area contributed by atoms with Gasteiger partial charge in [-0.05, 0) is 140 Å². The van der Waals surface area contributed by atoms with Crippen LogP contribution in [0.5, 0.6) is 0 Å². The third kappa shape index (κ3) is 6.58. The summed E-state index contributed by atoms with van der Waals surface area (Å²) in [6, 6.07) is 103. The summed E-state index contributed by atoms with van der Waals surface area (Å²) in [4.78, 5) is 0. The number of benzene rings is 12. The van der Waals surface area contributed by atoms with Crippen LogP contribution in [0, 0.1) is 11.3 Å². The van der Waals surface area contributed by atoms with Crippen molar-refractivity contribution in [2.45, 2.75) is 0 Å². The molecular weight excluding hydrogens is 935 g/mol. The molecule has 2 nitrogen and oxygen atoms in total. The molecule has 0 bridgehead atoms. The van der Waals surface area contributed by atoms with E-state index in [1.807, 2.05) is 18.2 Å². The minimum absolute atomic E-state index is 0.625. The van der Waals surface area contributed by atoms with E-state index in [9.17, 15) is 5.26 Å². The van der Waals surface area contributed by atoms with Crippen molar-refractivity contribution < 1.29 is 4.42 Å². The number of fused-ring (bicyclic) bond motifs is 19. The molecule has 2 aliphatic carbocycles. The van der Waals surface area contributed by atoms with E-state index in [4.69, 9.17) is 4.42 Å². The third-order valence-corrected chi connectivity index (χ3v) is 21.0. The Morgan fingerprint density at radius 3 is 1.14 bits per heavy atom. The Morgan fingerprint density at radius 2 is 0.632 bits per heavy atom. The van der Waals surface area contributed by atoms with E-state index in [1.54, 1.807) is 0 Å². The maximum Gasteiger partial charge on any atom is 0.179 e. The van der Waals surface area contributed by atoms with Gasteiger partial charge in [0.1, 0.15) is 11.2 Å². The largest absolute Gasteiger partial charge is 0.455 e. The van der Waals surface area contributed by atoms with Gasteiger partial charge in [0.2, 0.25) is 0 Å². The first-order chi connectivity index (χ1) is 37.7. The molecular formula is C73H45NOSi. The Morgan fingerprint density at radius 1 is 0.263 bits per heavy atom. The van der Waals surface area contributed by atoms with E-state index in [1.165, 1.54) is 65.3 Å². The summed E-state index contributed by atoms with van der Waals surface area (Å²) in [5, 5.41) is 17.9. The number of furan rings is 1. The third-order valence-electron chi connectivity index (χ3n) is 16.2. The van der Waals surface area contributed by atoms with Crippen molar-refractivity contribution in [3.05, 3.63) is 279 Å². The fraction of sp³-hybridized carbons (Fsp3) is 0. The minimum Gasteiger partial charge on any atom is -0.455 e. The summed E-state index contributed by atoms with van der Waals surface area (Å²) in [5.74, 6) is 0. The van der Waals surface area contributed by atoms with Crippen LogP contribution in [-0.4, -0.2) is 8.07 Å². The predicted molar refractivity (Wildman–Crippen MR) is 318 cm³/mol. The molecule has 0 spiro atoms. The highest BCUT2D eigenvalue weighted by molar-refractivity contribution is 7.20. The van der Waals surface area contributed by atoms with E-state index in [2.05, 4.69) is 261 Å². The Balaban J connectivity index is 1.02. The highest BCUT2D eigenvalue weighted by Crippen LogP contribution is 2.51. The second-order valence-electron chi connectivity index (χ2n) is 20.1. The highest BCUT2D eigenvalue weighted by Gasteiger charge is 2.43. The lowest BCUT2D eigenvalue weighted by molar-refractivity contribution is 0.670. The molecule has 0 N–H and O–H groups in total. The van der Waals surface area contributed by atoms with Crippen molar-refractivity contribution in [1.82, 2.24) is 0 Å². The van der Waals surface area contributed by atoms with Crippen molar-refractivity contribution in [2.75, 3.05) is 0 Å². The molecule has 0 atom stereocenters. The molecule has 0 saturated carbocycles. The molecule has 0 fully saturated rings. The summed E-state index contributed by atoms with van der Waals surface area (Å²) >= 11 is 0. The number of nitriles is 1. The van der Waals surface area contributed by atoms with Crippen molar-refractivity contribution in [1.29, 1.82) is 5.26 Å². The molecule has 1 aromatic heterocycles. The van der Waals surface area contributed by atoms with Gasteiger partial charge in [0.15, 0.2) is 8.07 Å². The van der Waals surface area contributed by atoms with Crippen LogP contribution in [0.2, 0.25) is 0 Å². The van der Waals surface area contributed by atoms with Crippen LogP contribution in [0.4, 0.5) is 0 Å². The number of hydrogen-bond acceptors (Lipinski definition) is 2. The van der Waals surface area contributed by atoms with Crippen molar-refractivity contribution in [2.24, 2.45) is 0 Å². The zero-order valence-corrected chi connectivity index (χ0v) is 42.3. The lowest BCUT2D eigenvalue weighted by Gasteiger charge is -2.36. The standard InChI is InChI=1S/C73H45NOSi/c74-46-47-34-38-65-68(42-47)60-28-13-14-29-61(60)69-43-48(53-31-17-32-67-66-30-15-16-33-72(66)75-73(53)67)35-39-62(69)64-41-37-52(45-71(64)65)76(49-18-3-1-4-19-49,50-20-5-2-6-21-50)51-36-40-63-58-26-10-9-24-56(58)54-22-7-8-23-55(54)57-25-11-12-27-59(57)70(63)44-51/h1-45H. The fourth-order valence-corrected chi connectivity index (χ4v) is 17.6. The van der Waals surface area contributed by atoms with E-state index in [-0.39, 0.29) is 0 Å². The molecule has 15 rings (SSSR count). The van der Waals surface area contributed by atoms with Gasteiger partial charge in [0, 0.05) is 16.3 Å². The van der Waals surface area contributed by atoms with Gasteiger partial charge < -0.3 is 4.42 Å². The molecule has 0 saturated heterocycles. The van der Waals surface area contributed by atoms with Crippen molar-refractivity contribution >= 4 is 50.8 Å². The zero-order chi connectivity index (χ0) is 50.3. The van der Waals surface area contributed by atoms with Gasteiger partial charge in [0.05, 0.1) is 11.6 Å². The summed E-state index contributed by atoms with van der Waals surface area (Å²) in [5.41, 5.74) is 23.2. The Labute approximate surface area is 442 Å². The number of nitrogens with zero attached hydrogens (tertiary/aromatic N) is 1. The topological polar surface area (TPSA) is 36.9 Å². The predicted octanol–water partition coefficient (Wildman–Crippen LogP) is 16.5. The quantitative estimate of drug-likeness (QED) is 0.127. The van der Waals surface area contributed by atoms with Crippen molar-refractivity contribution in [3.8, 4) is 106 Å². The Kier molecular flexibility index (Phi) is 10.0. The molecule has 0 aliphatic heterocycles. The van der Waals surface area contributed by atoms with Crippen LogP contribution in [0.3, 0.4) is 0 Å². The summed E-state index contributed by atoms with van der Waals surface area (Å²) in [7, 11) is -3.22. The van der Waals surface area contributed by atoms with Gasteiger partial charge in [-0.2, -0.15) is 5.26 Å². The lowest BCUT2D eigenvalue weighted by Crippen LogP contribution is -2.74. The van der Waals surface area contributed by atoms with Crippen LogP contribution in [0.15, 0.2) is 277 Å². The summed E-state index contributed by atoms with van der Waals surface area (Å²) in [6.07, 6.45) is 0. The van der Waals surface area contributed by atoms with Gasteiger partial charge >= 0.3 is 0 Å². The van der Waals surface area contributed by atoms with E-state index in [0.717, 1.165) is 77.6 Å². The smallest absolute Gasteiger partial charge is 0.179 e.